The van der Waals surface area contributed by atoms with Crippen LogP contribution in [-0.2, 0) is 4.84 Å². The molecule has 3 saturated carbocycles. The minimum atomic E-state index is -0.646. The average molecular weight is 414 g/mol. The van der Waals surface area contributed by atoms with E-state index in [4.69, 9.17) is 9.25 Å². The van der Waals surface area contributed by atoms with E-state index < -0.39 is 5.60 Å². The number of rotatable bonds is 3. The van der Waals surface area contributed by atoms with Crippen molar-refractivity contribution in [3.05, 3.63) is 46.0 Å². The highest BCUT2D eigenvalue weighted by Crippen LogP contribution is 2.70. The lowest BCUT2D eigenvalue weighted by molar-refractivity contribution is -0.177. The highest BCUT2D eigenvalue weighted by molar-refractivity contribution is 5.31. The monoisotopic (exact) mass is 413 g/mol. The van der Waals surface area contributed by atoms with E-state index in [1.54, 1.807) is 18.9 Å². The van der Waals surface area contributed by atoms with Gasteiger partial charge in [0.05, 0.1) is 25.0 Å². The molecule has 0 bridgehead atoms. The minimum Gasteiger partial charge on any atom is -0.431 e. The fourth-order valence-corrected chi connectivity index (χ4v) is 8.04. The molecular weight excluding hydrogens is 378 g/mol. The zero-order chi connectivity index (χ0) is 21.1. The van der Waals surface area contributed by atoms with Gasteiger partial charge in [0.2, 0.25) is 0 Å². The van der Waals surface area contributed by atoms with Gasteiger partial charge in [-0.05, 0) is 86.2 Å². The third-order valence-corrected chi connectivity index (χ3v) is 9.69. The van der Waals surface area contributed by atoms with Crippen molar-refractivity contribution in [3.63, 3.8) is 0 Å². The second kappa shape index (κ2) is 7.04. The molecule has 0 radical (unpaired) electrons. The smallest absolute Gasteiger partial charge is 0.335 e. The Hall–Kier alpha value is -1.43. The summed E-state index contributed by atoms with van der Waals surface area (Å²) in [7, 11) is 1.69. The Bertz CT molecular complexity index is 888. The third-order valence-electron chi connectivity index (χ3n) is 9.69. The molecule has 3 unspecified atom stereocenters. The van der Waals surface area contributed by atoms with Crippen LogP contribution < -0.4 is 11.1 Å². The molecular formula is C25H35NO4. The lowest BCUT2D eigenvalue weighted by atomic mass is 9.45. The second-order valence-corrected chi connectivity index (χ2v) is 10.7. The molecule has 1 aromatic rings. The van der Waals surface area contributed by atoms with Gasteiger partial charge in [0.15, 0.2) is 0 Å². The molecule has 0 spiro atoms. The molecule has 0 saturated heterocycles. The molecule has 4 aliphatic rings. The zero-order valence-corrected chi connectivity index (χ0v) is 18.4. The Balaban J connectivity index is 1.46. The summed E-state index contributed by atoms with van der Waals surface area (Å²) in [5.41, 5.74) is 4.83. The third kappa shape index (κ3) is 2.74. The Labute approximate surface area is 178 Å². The van der Waals surface area contributed by atoms with Gasteiger partial charge in [0.25, 0.3) is 0 Å². The summed E-state index contributed by atoms with van der Waals surface area (Å²) in [5, 5.41) is 12.2. The van der Waals surface area contributed by atoms with Gasteiger partial charge in [-0.15, -0.1) is 0 Å². The first kappa shape index (κ1) is 20.5. The maximum Gasteiger partial charge on any atom is 0.335 e. The summed E-state index contributed by atoms with van der Waals surface area (Å²) in [5.74, 6) is 1.12. The molecule has 0 aromatic carbocycles. The van der Waals surface area contributed by atoms with Crippen molar-refractivity contribution in [2.24, 2.45) is 22.7 Å². The van der Waals surface area contributed by atoms with Crippen molar-refractivity contribution in [1.82, 2.24) is 5.48 Å². The molecule has 30 heavy (non-hydrogen) atoms. The molecule has 164 valence electrons. The van der Waals surface area contributed by atoms with Gasteiger partial charge >= 0.3 is 5.63 Å². The van der Waals surface area contributed by atoms with E-state index in [-0.39, 0.29) is 22.4 Å². The van der Waals surface area contributed by atoms with Crippen molar-refractivity contribution in [2.45, 2.75) is 82.8 Å². The van der Waals surface area contributed by atoms with E-state index >= 15 is 0 Å². The highest BCUT2D eigenvalue weighted by Gasteiger charge is 2.66. The molecule has 0 aliphatic heterocycles. The van der Waals surface area contributed by atoms with E-state index in [2.05, 4.69) is 25.4 Å². The van der Waals surface area contributed by atoms with Gasteiger partial charge in [0.1, 0.15) is 0 Å². The number of hydrogen-bond acceptors (Lipinski definition) is 5. The molecule has 4 aliphatic carbocycles. The standard InChI is InChI=1S/C25H35NO4/c1-23-11-8-18(26-29-3)14-17(23)5-6-21-20(23)9-12-24(2)19(10-13-25(21,24)28)16-4-7-22(27)30-15-16/h4,7,14-15,18-21,26,28H,5-6,8-13H2,1-3H3/t18?,19-,20?,21?,23+,24-,25+/m1/s1. The van der Waals surface area contributed by atoms with E-state index in [1.807, 2.05) is 6.07 Å². The lowest BCUT2D eigenvalue weighted by Gasteiger charge is -2.62. The highest BCUT2D eigenvalue weighted by atomic mass is 16.6. The number of allylic oxidation sites excluding steroid dienone is 1. The molecule has 3 fully saturated rings. The van der Waals surface area contributed by atoms with Crippen molar-refractivity contribution in [1.29, 1.82) is 0 Å². The number of aliphatic hydroxyl groups is 1. The summed E-state index contributed by atoms with van der Waals surface area (Å²) in [6, 6.07) is 3.73. The Morgan fingerprint density at radius 1 is 1.10 bits per heavy atom. The Kier molecular flexibility index (Phi) is 4.81. The van der Waals surface area contributed by atoms with Gasteiger partial charge in [-0.3, -0.25) is 0 Å². The van der Waals surface area contributed by atoms with Crippen LogP contribution >= 0.6 is 0 Å². The minimum absolute atomic E-state index is 0.166. The van der Waals surface area contributed by atoms with Crippen LogP contribution in [0.2, 0.25) is 0 Å². The van der Waals surface area contributed by atoms with E-state index in [0.29, 0.717) is 17.9 Å². The molecule has 1 aromatic heterocycles. The molecule has 5 heteroatoms. The van der Waals surface area contributed by atoms with Crippen LogP contribution in [0, 0.1) is 22.7 Å². The van der Waals surface area contributed by atoms with Crippen molar-refractivity contribution >= 4 is 0 Å². The van der Waals surface area contributed by atoms with Crippen molar-refractivity contribution in [3.8, 4) is 0 Å². The maximum atomic E-state index is 12.2. The summed E-state index contributed by atoms with van der Waals surface area (Å²) < 4.78 is 5.19. The average Bonchev–Trinajstić information content (AvgIpc) is 3.01. The summed E-state index contributed by atoms with van der Waals surface area (Å²) in [4.78, 5) is 16.6. The predicted octanol–water partition coefficient (Wildman–Crippen LogP) is 4.32. The van der Waals surface area contributed by atoms with Crippen LogP contribution in [-0.4, -0.2) is 23.9 Å². The topological polar surface area (TPSA) is 71.7 Å². The molecule has 1 heterocycles. The zero-order valence-electron chi connectivity index (χ0n) is 18.4. The molecule has 5 rings (SSSR count). The van der Waals surface area contributed by atoms with Crippen LogP contribution in [0.4, 0.5) is 0 Å². The summed E-state index contributed by atoms with van der Waals surface area (Å²) in [6.45, 7) is 4.74. The SMILES string of the molecule is CONC1C=C2CCC3C(CC[C@]4(C)[C@@H](c5ccc(=O)oc5)CC[C@]34O)[C@@]2(C)CC1. The maximum absolute atomic E-state index is 12.2. The molecule has 5 nitrogen and oxygen atoms in total. The number of hydrogen-bond donors (Lipinski definition) is 2. The first-order valence-corrected chi connectivity index (χ1v) is 11.6. The predicted molar refractivity (Wildman–Crippen MR) is 115 cm³/mol. The van der Waals surface area contributed by atoms with Crippen LogP contribution in [0.25, 0.3) is 0 Å². The normalized spacial score (nSPS) is 45.3. The number of fused-ring (bicyclic) bond motifs is 5. The second-order valence-electron chi connectivity index (χ2n) is 10.7. The van der Waals surface area contributed by atoms with Crippen LogP contribution in [0.5, 0.6) is 0 Å². The van der Waals surface area contributed by atoms with Gasteiger partial charge in [-0.2, -0.15) is 5.48 Å². The van der Waals surface area contributed by atoms with Gasteiger partial charge < -0.3 is 14.4 Å². The van der Waals surface area contributed by atoms with Crippen molar-refractivity contribution in [2.75, 3.05) is 7.11 Å². The van der Waals surface area contributed by atoms with Gasteiger partial charge in [-0.1, -0.05) is 25.5 Å². The fraction of sp³-hybridized carbons (Fsp3) is 0.720. The Morgan fingerprint density at radius 3 is 2.67 bits per heavy atom. The summed E-state index contributed by atoms with van der Waals surface area (Å²) >= 11 is 0. The van der Waals surface area contributed by atoms with Crippen LogP contribution in [0.1, 0.15) is 76.7 Å². The lowest BCUT2D eigenvalue weighted by Crippen LogP contribution is -2.60. The Morgan fingerprint density at radius 2 is 1.93 bits per heavy atom. The first-order valence-electron chi connectivity index (χ1n) is 11.6. The molecule has 7 atom stereocenters. The number of nitrogens with one attached hydrogen (secondary N) is 1. The van der Waals surface area contributed by atoms with E-state index in [9.17, 15) is 9.90 Å². The van der Waals surface area contributed by atoms with Gasteiger partial charge in [-0.25, -0.2) is 4.79 Å². The first-order chi connectivity index (χ1) is 14.3. The molecule has 2 N–H and O–H groups in total. The van der Waals surface area contributed by atoms with E-state index in [0.717, 1.165) is 56.9 Å². The summed E-state index contributed by atoms with van der Waals surface area (Å²) in [6.07, 6.45) is 12.4. The van der Waals surface area contributed by atoms with Crippen LogP contribution in [0.3, 0.4) is 0 Å². The van der Waals surface area contributed by atoms with Gasteiger partial charge in [0, 0.05) is 11.5 Å². The fourth-order valence-electron chi connectivity index (χ4n) is 8.04. The van der Waals surface area contributed by atoms with Crippen LogP contribution in [0.15, 0.2) is 39.3 Å². The van der Waals surface area contributed by atoms with Crippen molar-refractivity contribution < 1.29 is 14.4 Å². The number of hydroxylamine groups is 1. The quantitative estimate of drug-likeness (QED) is 0.570. The molecule has 0 amide bonds. The largest absolute Gasteiger partial charge is 0.431 e. The van der Waals surface area contributed by atoms with E-state index in [1.165, 1.54) is 6.07 Å².